The third kappa shape index (κ3) is 2.17. The molecule has 1 N–H and O–H groups in total. The summed E-state index contributed by atoms with van der Waals surface area (Å²) in [6.07, 6.45) is 0.238. The van der Waals surface area contributed by atoms with Crippen LogP contribution in [0.25, 0.3) is 10.9 Å². The molecule has 4 nitrogen and oxygen atoms in total. The predicted octanol–water partition coefficient (Wildman–Crippen LogP) is 1.61. The maximum Gasteiger partial charge on any atom is 0.248 e. The molecular weight excluding hydrogens is 218 g/mol. The van der Waals surface area contributed by atoms with E-state index in [-0.39, 0.29) is 11.7 Å². The van der Waals surface area contributed by atoms with Gasteiger partial charge in [-0.25, -0.2) is 0 Å². The minimum atomic E-state index is -0.0855. The van der Waals surface area contributed by atoms with Gasteiger partial charge in [-0.3, -0.25) is 4.79 Å². The number of nitrogens with one attached hydrogen (secondary N) is 1. The average molecular weight is 231 g/mol. The van der Waals surface area contributed by atoms with Gasteiger partial charge in [-0.05, 0) is 24.6 Å². The zero-order chi connectivity index (χ0) is 11.8. The van der Waals surface area contributed by atoms with Crippen LogP contribution >= 0.6 is 0 Å². The van der Waals surface area contributed by atoms with Gasteiger partial charge in [0.2, 0.25) is 5.56 Å². The topological polar surface area (TPSA) is 54.6 Å². The molecule has 0 amide bonds. The number of epoxide rings is 1. The minimum absolute atomic E-state index is 0.0855. The summed E-state index contributed by atoms with van der Waals surface area (Å²) >= 11 is 0. The second-order valence-corrected chi connectivity index (χ2v) is 4.29. The van der Waals surface area contributed by atoms with Gasteiger partial charge in [0.15, 0.2) is 0 Å². The Bertz CT molecular complexity index is 614. The van der Waals surface area contributed by atoms with Crippen LogP contribution in [0.5, 0.6) is 5.75 Å². The Kier molecular flexibility index (Phi) is 2.37. The molecule has 0 aliphatic carbocycles. The van der Waals surface area contributed by atoms with Gasteiger partial charge in [0, 0.05) is 17.5 Å². The number of hydrogen-bond acceptors (Lipinski definition) is 3. The molecule has 0 radical (unpaired) electrons. The Labute approximate surface area is 98.2 Å². The van der Waals surface area contributed by atoms with E-state index in [0.29, 0.717) is 6.61 Å². The molecule has 1 fully saturated rings. The fourth-order valence-corrected chi connectivity index (χ4v) is 1.86. The number of aromatic nitrogens is 1. The predicted molar refractivity (Wildman–Crippen MR) is 64.5 cm³/mol. The number of ether oxygens (including phenoxy) is 2. The summed E-state index contributed by atoms with van der Waals surface area (Å²) in [4.78, 5) is 14.2. The highest BCUT2D eigenvalue weighted by Crippen LogP contribution is 2.21. The quantitative estimate of drug-likeness (QED) is 0.816. The van der Waals surface area contributed by atoms with Gasteiger partial charge in [-0.1, -0.05) is 0 Å². The van der Waals surface area contributed by atoms with Gasteiger partial charge >= 0.3 is 0 Å². The van der Waals surface area contributed by atoms with Gasteiger partial charge in [0.25, 0.3) is 0 Å². The number of H-pyrrole nitrogens is 1. The lowest BCUT2D eigenvalue weighted by Crippen LogP contribution is -2.06. The molecule has 2 heterocycles. The van der Waals surface area contributed by atoms with Crippen LogP contribution in [0, 0.1) is 6.92 Å². The molecule has 1 unspecified atom stereocenters. The highest BCUT2D eigenvalue weighted by molar-refractivity contribution is 5.82. The molecular formula is C13H13NO3. The standard InChI is InChI=1S/C13H13NO3/c1-8-4-13(15)14-12-5-9(2-3-11(8)12)16-6-10-7-17-10/h2-5,10H,6-7H2,1H3,(H,14,15). The van der Waals surface area contributed by atoms with Crippen molar-refractivity contribution in [1.29, 1.82) is 0 Å². The van der Waals surface area contributed by atoms with E-state index in [4.69, 9.17) is 9.47 Å². The highest BCUT2D eigenvalue weighted by atomic mass is 16.6. The van der Waals surface area contributed by atoms with E-state index in [0.717, 1.165) is 28.8 Å². The van der Waals surface area contributed by atoms with Crippen molar-refractivity contribution < 1.29 is 9.47 Å². The molecule has 1 aromatic carbocycles. The van der Waals surface area contributed by atoms with E-state index in [1.165, 1.54) is 0 Å². The van der Waals surface area contributed by atoms with Crippen LogP contribution < -0.4 is 10.3 Å². The number of aromatic amines is 1. The summed E-state index contributed by atoms with van der Waals surface area (Å²) in [6.45, 7) is 3.28. The number of hydrogen-bond donors (Lipinski definition) is 1. The number of benzene rings is 1. The lowest BCUT2D eigenvalue weighted by atomic mass is 10.1. The summed E-state index contributed by atoms with van der Waals surface area (Å²) in [5.74, 6) is 0.759. The van der Waals surface area contributed by atoms with Crippen LogP contribution in [-0.2, 0) is 4.74 Å². The minimum Gasteiger partial charge on any atom is -0.491 e. The van der Waals surface area contributed by atoms with Crippen LogP contribution in [0.3, 0.4) is 0 Å². The van der Waals surface area contributed by atoms with E-state index in [9.17, 15) is 4.79 Å². The summed E-state index contributed by atoms with van der Waals surface area (Å²) in [5.41, 5.74) is 1.70. The largest absolute Gasteiger partial charge is 0.491 e. The van der Waals surface area contributed by atoms with Crippen LogP contribution in [0.15, 0.2) is 29.1 Å². The van der Waals surface area contributed by atoms with E-state index in [2.05, 4.69) is 4.98 Å². The molecule has 1 aliphatic heterocycles. The van der Waals surface area contributed by atoms with E-state index < -0.39 is 0 Å². The molecule has 1 aromatic heterocycles. The van der Waals surface area contributed by atoms with Crippen molar-refractivity contribution in [3.63, 3.8) is 0 Å². The first kappa shape index (κ1) is 10.4. The SMILES string of the molecule is Cc1cc(=O)[nH]c2cc(OCC3CO3)ccc12. The zero-order valence-electron chi connectivity index (χ0n) is 9.53. The Morgan fingerprint density at radius 3 is 3.06 bits per heavy atom. The number of aryl methyl sites for hydroxylation is 1. The van der Waals surface area contributed by atoms with E-state index >= 15 is 0 Å². The molecule has 88 valence electrons. The van der Waals surface area contributed by atoms with E-state index in [1.807, 2.05) is 25.1 Å². The number of fused-ring (bicyclic) bond motifs is 1. The average Bonchev–Trinajstić information content (AvgIpc) is 3.09. The Hall–Kier alpha value is -1.81. The van der Waals surface area contributed by atoms with Crippen LogP contribution in [0.4, 0.5) is 0 Å². The summed E-state index contributed by atoms with van der Waals surface area (Å²) in [5, 5.41) is 1.04. The molecule has 4 heteroatoms. The van der Waals surface area contributed by atoms with Gasteiger partial charge < -0.3 is 14.5 Å². The molecule has 0 saturated carbocycles. The van der Waals surface area contributed by atoms with Crippen molar-refractivity contribution in [2.24, 2.45) is 0 Å². The van der Waals surface area contributed by atoms with Gasteiger partial charge in [-0.2, -0.15) is 0 Å². The molecule has 1 aliphatic rings. The lowest BCUT2D eigenvalue weighted by molar-refractivity contribution is 0.263. The highest BCUT2D eigenvalue weighted by Gasteiger charge is 2.23. The number of pyridine rings is 1. The molecule has 2 aromatic rings. The molecule has 3 rings (SSSR count). The van der Waals surface area contributed by atoms with Gasteiger partial charge in [0.05, 0.1) is 12.1 Å². The number of rotatable bonds is 3. The summed E-state index contributed by atoms with van der Waals surface area (Å²) < 4.78 is 10.6. The van der Waals surface area contributed by atoms with Crippen LogP contribution in [0.1, 0.15) is 5.56 Å². The maximum absolute atomic E-state index is 11.4. The maximum atomic E-state index is 11.4. The molecule has 1 atom stereocenters. The lowest BCUT2D eigenvalue weighted by Gasteiger charge is -2.06. The van der Waals surface area contributed by atoms with Crippen molar-refractivity contribution >= 4 is 10.9 Å². The molecule has 0 bridgehead atoms. The first-order valence-electron chi connectivity index (χ1n) is 5.60. The Balaban J connectivity index is 1.96. The second-order valence-electron chi connectivity index (χ2n) is 4.29. The van der Waals surface area contributed by atoms with Crippen molar-refractivity contribution in [1.82, 2.24) is 4.98 Å². The van der Waals surface area contributed by atoms with Crippen molar-refractivity contribution in [3.05, 3.63) is 40.2 Å². The van der Waals surface area contributed by atoms with Crippen molar-refractivity contribution in [2.75, 3.05) is 13.2 Å². The fourth-order valence-electron chi connectivity index (χ4n) is 1.86. The van der Waals surface area contributed by atoms with Crippen LogP contribution in [-0.4, -0.2) is 24.3 Å². The summed E-state index contributed by atoms with van der Waals surface area (Å²) in [6, 6.07) is 7.33. The van der Waals surface area contributed by atoms with Gasteiger partial charge in [-0.15, -0.1) is 0 Å². The van der Waals surface area contributed by atoms with Gasteiger partial charge in [0.1, 0.15) is 18.5 Å². The first-order chi connectivity index (χ1) is 8.22. The second kappa shape index (κ2) is 3.89. The molecule has 1 saturated heterocycles. The Morgan fingerprint density at radius 1 is 1.47 bits per heavy atom. The van der Waals surface area contributed by atoms with Crippen LogP contribution in [0.2, 0.25) is 0 Å². The fraction of sp³-hybridized carbons (Fsp3) is 0.308. The third-order valence-electron chi connectivity index (χ3n) is 2.86. The normalized spacial score (nSPS) is 18.3. The zero-order valence-corrected chi connectivity index (χ0v) is 9.53. The summed E-state index contributed by atoms with van der Waals surface area (Å²) in [7, 11) is 0. The Morgan fingerprint density at radius 2 is 2.29 bits per heavy atom. The third-order valence-corrected chi connectivity index (χ3v) is 2.86. The first-order valence-corrected chi connectivity index (χ1v) is 5.60. The van der Waals surface area contributed by atoms with Crippen molar-refractivity contribution in [2.45, 2.75) is 13.0 Å². The van der Waals surface area contributed by atoms with Crippen molar-refractivity contribution in [3.8, 4) is 5.75 Å². The smallest absolute Gasteiger partial charge is 0.248 e. The molecule has 17 heavy (non-hydrogen) atoms. The molecule has 0 spiro atoms. The van der Waals surface area contributed by atoms with E-state index in [1.54, 1.807) is 6.07 Å². The monoisotopic (exact) mass is 231 g/mol.